The monoisotopic (exact) mass is 197 g/mol. The molecule has 2 rings (SSSR count). The SMILES string of the molecule is COCn1c(O)c2c(c1O)CCCC2. The predicted molar refractivity (Wildman–Crippen MR) is 51.4 cm³/mol. The molecule has 0 saturated heterocycles. The van der Waals surface area contributed by atoms with Crippen LogP contribution < -0.4 is 0 Å². The van der Waals surface area contributed by atoms with Crippen molar-refractivity contribution in [1.82, 2.24) is 4.57 Å². The lowest BCUT2D eigenvalue weighted by Gasteiger charge is -2.09. The highest BCUT2D eigenvalue weighted by Gasteiger charge is 2.23. The van der Waals surface area contributed by atoms with Crippen molar-refractivity contribution in [2.75, 3.05) is 7.11 Å². The quantitative estimate of drug-likeness (QED) is 0.753. The number of nitrogens with zero attached hydrogens (tertiary/aromatic N) is 1. The zero-order valence-electron chi connectivity index (χ0n) is 8.29. The lowest BCUT2D eigenvalue weighted by atomic mass is 9.95. The van der Waals surface area contributed by atoms with Crippen LogP contribution in [0.15, 0.2) is 0 Å². The van der Waals surface area contributed by atoms with Gasteiger partial charge in [-0.3, -0.25) is 4.57 Å². The van der Waals surface area contributed by atoms with Crippen molar-refractivity contribution in [2.45, 2.75) is 32.4 Å². The normalized spacial score (nSPS) is 15.5. The van der Waals surface area contributed by atoms with Crippen LogP contribution >= 0.6 is 0 Å². The van der Waals surface area contributed by atoms with E-state index in [1.54, 1.807) is 0 Å². The standard InChI is InChI=1S/C10H15NO3/c1-14-6-11-9(12)7-4-2-3-5-8(7)10(11)13/h12-13H,2-6H2,1H3. The first-order valence-corrected chi connectivity index (χ1v) is 4.86. The van der Waals surface area contributed by atoms with Gasteiger partial charge in [-0.1, -0.05) is 0 Å². The molecule has 14 heavy (non-hydrogen) atoms. The molecule has 0 saturated carbocycles. The summed E-state index contributed by atoms with van der Waals surface area (Å²) in [4.78, 5) is 0. The van der Waals surface area contributed by atoms with Crippen LogP contribution in [0.2, 0.25) is 0 Å². The Morgan fingerprint density at radius 2 is 1.64 bits per heavy atom. The Morgan fingerprint density at radius 1 is 1.14 bits per heavy atom. The van der Waals surface area contributed by atoms with Crippen LogP contribution in [0.1, 0.15) is 24.0 Å². The Hall–Kier alpha value is -1.16. The van der Waals surface area contributed by atoms with Crippen molar-refractivity contribution >= 4 is 0 Å². The summed E-state index contributed by atoms with van der Waals surface area (Å²) in [6, 6.07) is 0. The fourth-order valence-corrected chi connectivity index (χ4v) is 2.08. The maximum atomic E-state index is 9.81. The number of fused-ring (bicyclic) bond motifs is 1. The first kappa shape index (κ1) is 9.40. The molecular formula is C10H15NO3. The van der Waals surface area contributed by atoms with E-state index in [4.69, 9.17) is 4.74 Å². The molecule has 0 aliphatic heterocycles. The fraction of sp³-hybridized carbons (Fsp3) is 0.600. The average Bonchev–Trinajstić information content (AvgIpc) is 2.45. The van der Waals surface area contributed by atoms with Crippen LogP contribution in [0.4, 0.5) is 0 Å². The molecule has 0 fully saturated rings. The highest BCUT2D eigenvalue weighted by Crippen LogP contribution is 2.38. The maximum absolute atomic E-state index is 9.81. The van der Waals surface area contributed by atoms with Crippen LogP contribution in [0, 0.1) is 0 Å². The second kappa shape index (κ2) is 3.53. The molecule has 78 valence electrons. The van der Waals surface area contributed by atoms with Crippen molar-refractivity contribution in [1.29, 1.82) is 0 Å². The Bertz CT molecular complexity index is 314. The summed E-state index contributed by atoms with van der Waals surface area (Å²) >= 11 is 0. The van der Waals surface area contributed by atoms with Gasteiger partial charge >= 0.3 is 0 Å². The molecule has 0 unspecified atom stereocenters. The minimum atomic E-state index is 0.166. The van der Waals surface area contributed by atoms with E-state index < -0.39 is 0 Å². The first-order valence-electron chi connectivity index (χ1n) is 4.86. The molecule has 4 heteroatoms. The number of rotatable bonds is 2. The van der Waals surface area contributed by atoms with E-state index in [9.17, 15) is 10.2 Å². The van der Waals surface area contributed by atoms with Gasteiger partial charge in [-0.15, -0.1) is 0 Å². The lowest BCUT2D eigenvalue weighted by Crippen LogP contribution is -1.98. The van der Waals surface area contributed by atoms with Crippen LogP contribution in [-0.4, -0.2) is 21.9 Å². The fourth-order valence-electron chi connectivity index (χ4n) is 2.08. The Labute approximate surface area is 82.7 Å². The zero-order valence-corrected chi connectivity index (χ0v) is 8.29. The van der Waals surface area contributed by atoms with E-state index in [-0.39, 0.29) is 18.5 Å². The largest absolute Gasteiger partial charge is 0.494 e. The van der Waals surface area contributed by atoms with E-state index in [1.807, 2.05) is 0 Å². The topological polar surface area (TPSA) is 54.6 Å². The number of hydrogen-bond donors (Lipinski definition) is 2. The molecule has 0 aromatic carbocycles. The summed E-state index contributed by atoms with van der Waals surface area (Å²) in [5, 5.41) is 19.6. The molecule has 1 aromatic rings. The highest BCUT2D eigenvalue weighted by atomic mass is 16.5. The van der Waals surface area contributed by atoms with Gasteiger partial charge < -0.3 is 14.9 Å². The van der Waals surface area contributed by atoms with Gasteiger partial charge in [-0.2, -0.15) is 0 Å². The summed E-state index contributed by atoms with van der Waals surface area (Å²) in [7, 11) is 1.54. The molecule has 1 aliphatic carbocycles. The Kier molecular flexibility index (Phi) is 2.37. The average molecular weight is 197 g/mol. The summed E-state index contributed by atoms with van der Waals surface area (Å²) in [6.07, 6.45) is 3.87. The van der Waals surface area contributed by atoms with Gasteiger partial charge in [-0.05, 0) is 25.7 Å². The number of aromatic nitrogens is 1. The maximum Gasteiger partial charge on any atom is 0.199 e. The van der Waals surface area contributed by atoms with Gasteiger partial charge in [0.25, 0.3) is 0 Å². The van der Waals surface area contributed by atoms with Gasteiger partial charge in [0.05, 0.1) is 0 Å². The first-order chi connectivity index (χ1) is 6.75. The van der Waals surface area contributed by atoms with Crippen molar-refractivity contribution in [3.8, 4) is 11.8 Å². The van der Waals surface area contributed by atoms with Gasteiger partial charge in [-0.25, -0.2) is 0 Å². The van der Waals surface area contributed by atoms with Crippen molar-refractivity contribution < 1.29 is 14.9 Å². The highest BCUT2D eigenvalue weighted by molar-refractivity contribution is 5.46. The van der Waals surface area contributed by atoms with Gasteiger partial charge in [0.15, 0.2) is 11.8 Å². The molecule has 1 aliphatic rings. The number of hydrogen-bond acceptors (Lipinski definition) is 3. The minimum Gasteiger partial charge on any atom is -0.494 e. The second-order valence-electron chi connectivity index (χ2n) is 3.66. The molecule has 0 radical (unpaired) electrons. The van der Waals surface area contributed by atoms with Crippen LogP contribution in [0.5, 0.6) is 11.8 Å². The van der Waals surface area contributed by atoms with Crippen LogP contribution in [0.3, 0.4) is 0 Å². The van der Waals surface area contributed by atoms with E-state index in [1.165, 1.54) is 11.7 Å². The van der Waals surface area contributed by atoms with Crippen molar-refractivity contribution in [3.05, 3.63) is 11.1 Å². The van der Waals surface area contributed by atoms with E-state index >= 15 is 0 Å². The summed E-state index contributed by atoms with van der Waals surface area (Å²) in [5.41, 5.74) is 1.79. The Morgan fingerprint density at radius 3 is 2.07 bits per heavy atom. The molecular weight excluding hydrogens is 182 g/mol. The molecule has 1 heterocycles. The minimum absolute atomic E-state index is 0.166. The summed E-state index contributed by atoms with van der Waals surface area (Å²) in [5.74, 6) is 0.332. The van der Waals surface area contributed by atoms with E-state index in [0.717, 1.165) is 36.8 Å². The number of ether oxygens (including phenoxy) is 1. The molecule has 2 N–H and O–H groups in total. The smallest absolute Gasteiger partial charge is 0.199 e. The summed E-state index contributed by atoms with van der Waals surface area (Å²) in [6.45, 7) is 0.199. The van der Waals surface area contributed by atoms with Crippen molar-refractivity contribution in [3.63, 3.8) is 0 Å². The predicted octanol–water partition coefficient (Wildman–Crippen LogP) is 1.38. The lowest BCUT2D eigenvalue weighted by molar-refractivity contribution is 0.116. The third-order valence-electron chi connectivity index (χ3n) is 2.78. The molecule has 1 aromatic heterocycles. The molecule has 0 amide bonds. The van der Waals surface area contributed by atoms with Crippen LogP contribution in [-0.2, 0) is 24.3 Å². The molecule has 0 atom stereocenters. The number of aromatic hydroxyl groups is 2. The van der Waals surface area contributed by atoms with E-state index in [2.05, 4.69) is 0 Å². The van der Waals surface area contributed by atoms with E-state index in [0.29, 0.717) is 0 Å². The third-order valence-corrected chi connectivity index (χ3v) is 2.78. The zero-order chi connectivity index (χ0) is 10.1. The van der Waals surface area contributed by atoms with Crippen LogP contribution in [0.25, 0.3) is 0 Å². The van der Waals surface area contributed by atoms with Gasteiger partial charge in [0, 0.05) is 18.2 Å². The molecule has 4 nitrogen and oxygen atoms in total. The third kappa shape index (κ3) is 1.26. The summed E-state index contributed by atoms with van der Waals surface area (Å²) < 4.78 is 6.32. The number of methoxy groups -OCH3 is 1. The van der Waals surface area contributed by atoms with Crippen molar-refractivity contribution in [2.24, 2.45) is 0 Å². The molecule has 0 bridgehead atoms. The van der Waals surface area contributed by atoms with Gasteiger partial charge in [0.1, 0.15) is 6.73 Å². The van der Waals surface area contributed by atoms with Gasteiger partial charge in [0.2, 0.25) is 0 Å². The molecule has 0 spiro atoms. The Balaban J connectivity index is 2.46. The second-order valence-corrected chi connectivity index (χ2v) is 3.66.